The molecule has 3 rings (SSSR count). The summed E-state index contributed by atoms with van der Waals surface area (Å²) in [6.45, 7) is 0. The van der Waals surface area contributed by atoms with Crippen molar-refractivity contribution in [2.75, 3.05) is 19.5 Å². The van der Waals surface area contributed by atoms with Gasteiger partial charge in [-0.1, -0.05) is 12.1 Å². The summed E-state index contributed by atoms with van der Waals surface area (Å²) in [4.78, 5) is 19.7. The van der Waals surface area contributed by atoms with Crippen LogP contribution >= 0.6 is 0 Å². The van der Waals surface area contributed by atoms with Gasteiger partial charge in [-0.15, -0.1) is 0 Å². The van der Waals surface area contributed by atoms with Gasteiger partial charge in [0.05, 0.1) is 18.1 Å². The topological polar surface area (TPSA) is 67.0 Å². The molecule has 0 amide bonds. The molecule has 106 valence electrons. The number of nitrogens with one attached hydrogen (secondary N) is 2. The van der Waals surface area contributed by atoms with Crippen LogP contribution in [0.3, 0.4) is 0 Å². The zero-order valence-corrected chi connectivity index (χ0v) is 11.8. The highest BCUT2D eigenvalue weighted by Gasteiger charge is 2.12. The lowest BCUT2D eigenvalue weighted by Crippen LogP contribution is -2.12. The van der Waals surface area contributed by atoms with E-state index in [1.807, 2.05) is 36.4 Å². The first-order valence-electron chi connectivity index (χ1n) is 6.58. The van der Waals surface area contributed by atoms with Crippen molar-refractivity contribution in [1.29, 1.82) is 0 Å². The zero-order valence-electron chi connectivity index (χ0n) is 11.8. The fraction of sp³-hybridized carbons (Fsp3) is 0.125. The Bertz CT molecular complexity index is 856. The van der Waals surface area contributed by atoms with Crippen molar-refractivity contribution >= 4 is 16.7 Å². The van der Waals surface area contributed by atoms with Gasteiger partial charge in [0.15, 0.2) is 0 Å². The number of anilines is 1. The molecule has 2 N–H and O–H groups in total. The molecule has 0 fully saturated rings. The smallest absolute Gasteiger partial charge is 0.275 e. The third-order valence-corrected chi connectivity index (χ3v) is 3.35. The van der Waals surface area contributed by atoms with Gasteiger partial charge in [0.25, 0.3) is 5.56 Å². The Hall–Kier alpha value is -2.82. The minimum atomic E-state index is -0.224. The molecule has 0 radical (unpaired) electrons. The summed E-state index contributed by atoms with van der Waals surface area (Å²) in [6.07, 6.45) is 0. The van der Waals surface area contributed by atoms with Gasteiger partial charge >= 0.3 is 0 Å². The number of nitrogens with zero attached hydrogens (tertiary/aromatic N) is 1. The molecule has 0 aliphatic rings. The molecule has 0 aliphatic carbocycles. The SMILES string of the molecule is CNc1ccc(OC)cc1-c1nc2ccccc2[nH]c1=O. The van der Waals surface area contributed by atoms with Crippen molar-refractivity contribution in [3.63, 3.8) is 0 Å². The molecule has 0 bridgehead atoms. The molecule has 2 aromatic carbocycles. The maximum Gasteiger partial charge on any atom is 0.275 e. The Kier molecular flexibility index (Phi) is 3.31. The number of rotatable bonds is 3. The third-order valence-electron chi connectivity index (χ3n) is 3.35. The predicted molar refractivity (Wildman–Crippen MR) is 83.9 cm³/mol. The number of H-pyrrole nitrogens is 1. The summed E-state index contributed by atoms with van der Waals surface area (Å²) in [6, 6.07) is 13.0. The predicted octanol–water partition coefficient (Wildman–Crippen LogP) is 2.64. The van der Waals surface area contributed by atoms with Crippen LogP contribution in [0.4, 0.5) is 5.69 Å². The Morgan fingerprint density at radius 3 is 2.76 bits per heavy atom. The largest absolute Gasteiger partial charge is 0.497 e. The quantitative estimate of drug-likeness (QED) is 0.774. The standard InChI is InChI=1S/C16H15N3O2/c1-17-12-8-7-10(21-2)9-11(12)15-16(20)19-14-6-4-3-5-13(14)18-15/h3-9,17H,1-2H3,(H,19,20). The molecule has 3 aromatic rings. The van der Waals surface area contributed by atoms with Gasteiger partial charge in [-0.05, 0) is 30.3 Å². The number of methoxy groups -OCH3 is 1. The highest BCUT2D eigenvalue weighted by atomic mass is 16.5. The lowest BCUT2D eigenvalue weighted by atomic mass is 10.1. The molecular formula is C16H15N3O2. The summed E-state index contributed by atoms with van der Waals surface area (Å²) in [5, 5.41) is 3.07. The van der Waals surface area contributed by atoms with E-state index in [1.165, 1.54) is 0 Å². The van der Waals surface area contributed by atoms with Crippen molar-refractivity contribution < 1.29 is 4.74 Å². The second-order valence-electron chi connectivity index (χ2n) is 4.59. The van der Waals surface area contributed by atoms with Crippen LogP contribution in [0, 0.1) is 0 Å². The minimum absolute atomic E-state index is 0.224. The van der Waals surface area contributed by atoms with E-state index < -0.39 is 0 Å². The Morgan fingerprint density at radius 2 is 2.00 bits per heavy atom. The number of fused-ring (bicyclic) bond motifs is 1. The van der Waals surface area contributed by atoms with Gasteiger partial charge in [0.2, 0.25) is 0 Å². The van der Waals surface area contributed by atoms with Gasteiger partial charge in [0, 0.05) is 18.3 Å². The van der Waals surface area contributed by atoms with Gasteiger partial charge in [-0.3, -0.25) is 4.79 Å². The molecule has 0 spiro atoms. The van der Waals surface area contributed by atoms with E-state index in [1.54, 1.807) is 20.2 Å². The van der Waals surface area contributed by atoms with Gasteiger partial charge in [-0.25, -0.2) is 4.98 Å². The third kappa shape index (κ3) is 2.33. The van der Waals surface area contributed by atoms with Crippen LogP contribution in [-0.4, -0.2) is 24.1 Å². The fourth-order valence-corrected chi connectivity index (χ4v) is 2.28. The summed E-state index contributed by atoms with van der Waals surface area (Å²) in [5.41, 5.74) is 3.15. The summed E-state index contributed by atoms with van der Waals surface area (Å²) >= 11 is 0. The molecule has 1 aromatic heterocycles. The van der Waals surface area contributed by atoms with Gasteiger partial charge < -0.3 is 15.0 Å². The summed E-state index contributed by atoms with van der Waals surface area (Å²) in [5.74, 6) is 0.679. The van der Waals surface area contributed by atoms with Crippen LogP contribution in [0.2, 0.25) is 0 Å². The van der Waals surface area contributed by atoms with Gasteiger partial charge in [0.1, 0.15) is 11.4 Å². The first kappa shape index (κ1) is 13.2. The number of aromatic nitrogens is 2. The van der Waals surface area contributed by atoms with E-state index in [4.69, 9.17) is 4.74 Å². The average Bonchev–Trinajstić information content (AvgIpc) is 2.53. The van der Waals surface area contributed by atoms with E-state index in [0.717, 1.165) is 16.7 Å². The first-order chi connectivity index (χ1) is 10.2. The van der Waals surface area contributed by atoms with Crippen molar-refractivity contribution in [3.05, 3.63) is 52.8 Å². The van der Waals surface area contributed by atoms with Crippen LogP contribution in [-0.2, 0) is 0 Å². The van der Waals surface area contributed by atoms with Crippen LogP contribution in [0.1, 0.15) is 0 Å². The number of para-hydroxylation sites is 2. The van der Waals surface area contributed by atoms with Crippen molar-refractivity contribution in [2.24, 2.45) is 0 Å². The average molecular weight is 281 g/mol. The van der Waals surface area contributed by atoms with Crippen LogP contribution < -0.4 is 15.6 Å². The molecule has 5 nitrogen and oxygen atoms in total. The molecular weight excluding hydrogens is 266 g/mol. The number of hydrogen-bond acceptors (Lipinski definition) is 4. The molecule has 0 saturated carbocycles. The monoisotopic (exact) mass is 281 g/mol. The molecule has 0 aliphatic heterocycles. The molecule has 0 atom stereocenters. The van der Waals surface area contributed by atoms with E-state index in [2.05, 4.69) is 15.3 Å². The highest BCUT2D eigenvalue weighted by Crippen LogP contribution is 2.29. The molecule has 21 heavy (non-hydrogen) atoms. The van der Waals surface area contributed by atoms with Crippen molar-refractivity contribution in [3.8, 4) is 17.0 Å². The number of hydrogen-bond donors (Lipinski definition) is 2. The summed E-state index contributed by atoms with van der Waals surface area (Å²) < 4.78 is 5.24. The van der Waals surface area contributed by atoms with Crippen molar-refractivity contribution in [1.82, 2.24) is 9.97 Å². The lowest BCUT2D eigenvalue weighted by Gasteiger charge is -2.10. The van der Waals surface area contributed by atoms with Crippen LogP contribution in [0.25, 0.3) is 22.3 Å². The molecule has 5 heteroatoms. The van der Waals surface area contributed by atoms with Crippen LogP contribution in [0.5, 0.6) is 5.75 Å². The van der Waals surface area contributed by atoms with E-state index in [-0.39, 0.29) is 5.56 Å². The molecule has 0 unspecified atom stereocenters. The lowest BCUT2D eigenvalue weighted by molar-refractivity contribution is 0.415. The Labute approximate surface area is 121 Å². The maximum atomic E-state index is 12.3. The molecule has 0 saturated heterocycles. The number of ether oxygens (including phenoxy) is 1. The number of aromatic amines is 1. The Morgan fingerprint density at radius 1 is 1.19 bits per heavy atom. The normalized spacial score (nSPS) is 10.6. The van der Waals surface area contributed by atoms with E-state index in [0.29, 0.717) is 17.0 Å². The second kappa shape index (κ2) is 5.28. The second-order valence-corrected chi connectivity index (χ2v) is 4.59. The maximum absolute atomic E-state index is 12.3. The van der Waals surface area contributed by atoms with Gasteiger partial charge in [-0.2, -0.15) is 0 Å². The Balaban J connectivity index is 2.29. The van der Waals surface area contributed by atoms with E-state index in [9.17, 15) is 4.79 Å². The van der Waals surface area contributed by atoms with E-state index >= 15 is 0 Å². The zero-order chi connectivity index (χ0) is 14.8. The van der Waals surface area contributed by atoms with Crippen molar-refractivity contribution in [2.45, 2.75) is 0 Å². The van der Waals surface area contributed by atoms with Crippen LogP contribution in [0.15, 0.2) is 47.3 Å². The summed E-state index contributed by atoms with van der Waals surface area (Å²) in [7, 11) is 3.40. The molecule has 1 heterocycles. The highest BCUT2D eigenvalue weighted by molar-refractivity contribution is 5.81. The number of benzene rings is 2. The fourth-order valence-electron chi connectivity index (χ4n) is 2.28. The first-order valence-corrected chi connectivity index (χ1v) is 6.58. The minimum Gasteiger partial charge on any atom is -0.497 e.